The lowest BCUT2D eigenvalue weighted by Gasteiger charge is -2.10. The fourth-order valence-electron chi connectivity index (χ4n) is 2.62. The zero-order chi connectivity index (χ0) is 18.1. The number of nitrogens with zero attached hydrogens (tertiary/aromatic N) is 1. The zero-order valence-corrected chi connectivity index (χ0v) is 13.5. The van der Waals surface area contributed by atoms with Crippen LogP contribution >= 0.6 is 0 Å². The summed E-state index contributed by atoms with van der Waals surface area (Å²) in [6, 6.07) is 6.47. The van der Waals surface area contributed by atoms with Crippen LogP contribution in [-0.2, 0) is 0 Å². The Morgan fingerprint density at radius 1 is 1.08 bits per heavy atom. The molecule has 132 valence electrons. The van der Waals surface area contributed by atoms with Crippen molar-refractivity contribution in [2.75, 3.05) is 18.5 Å². The number of nitrogens with one attached hydrogen (secondary N) is 3. The van der Waals surface area contributed by atoms with E-state index in [2.05, 4.69) is 20.3 Å². The average Bonchev–Trinajstić information content (AvgIpc) is 2.86. The molecule has 0 bridgehead atoms. The summed E-state index contributed by atoms with van der Waals surface area (Å²) in [4.78, 5) is 44.0. The van der Waals surface area contributed by atoms with Crippen LogP contribution in [0.3, 0.4) is 0 Å². The summed E-state index contributed by atoms with van der Waals surface area (Å²) < 4.78 is 11.1. The largest absolute Gasteiger partial charge is 0.490 e. The van der Waals surface area contributed by atoms with E-state index in [1.807, 2.05) is 0 Å². The van der Waals surface area contributed by atoms with Gasteiger partial charge < -0.3 is 14.8 Å². The van der Waals surface area contributed by atoms with Crippen molar-refractivity contribution < 1.29 is 14.3 Å². The molecule has 1 amide bonds. The highest BCUT2D eigenvalue weighted by molar-refractivity contribution is 6.05. The van der Waals surface area contributed by atoms with Gasteiger partial charge >= 0.3 is 5.69 Å². The van der Waals surface area contributed by atoms with Gasteiger partial charge in [0.05, 0.1) is 24.2 Å². The number of fused-ring (bicyclic) bond motifs is 2. The highest BCUT2D eigenvalue weighted by Crippen LogP contribution is 2.32. The van der Waals surface area contributed by atoms with Gasteiger partial charge in [0.25, 0.3) is 11.5 Å². The Hall–Kier alpha value is -3.62. The summed E-state index contributed by atoms with van der Waals surface area (Å²) in [5.41, 5.74) is -0.441. The van der Waals surface area contributed by atoms with Crippen LogP contribution in [0, 0.1) is 0 Å². The van der Waals surface area contributed by atoms with E-state index in [0.29, 0.717) is 30.4 Å². The Balaban J connectivity index is 1.62. The van der Waals surface area contributed by atoms with E-state index >= 15 is 0 Å². The van der Waals surface area contributed by atoms with E-state index in [9.17, 15) is 14.4 Å². The fraction of sp³-hybridized carbons (Fsp3) is 0.176. The maximum Gasteiger partial charge on any atom is 0.327 e. The number of benzene rings is 1. The number of hydrogen-bond acceptors (Lipinski definition) is 6. The molecule has 3 N–H and O–H groups in total. The Kier molecular flexibility index (Phi) is 3.88. The number of hydrogen-bond donors (Lipinski definition) is 3. The first kappa shape index (κ1) is 15.9. The molecule has 0 atom stereocenters. The third kappa shape index (κ3) is 3.02. The quantitative estimate of drug-likeness (QED) is 0.631. The molecule has 1 aromatic carbocycles. The summed E-state index contributed by atoms with van der Waals surface area (Å²) in [6.45, 7) is 1.12. The molecule has 3 aromatic rings. The van der Waals surface area contributed by atoms with Gasteiger partial charge in [-0.15, -0.1) is 0 Å². The molecule has 9 nitrogen and oxygen atoms in total. The molecule has 2 aromatic heterocycles. The second kappa shape index (κ2) is 6.36. The van der Waals surface area contributed by atoms with Crippen LogP contribution in [0.4, 0.5) is 5.69 Å². The van der Waals surface area contributed by atoms with Gasteiger partial charge in [0.15, 0.2) is 11.5 Å². The van der Waals surface area contributed by atoms with Gasteiger partial charge in [-0.25, -0.2) is 9.78 Å². The third-order valence-electron chi connectivity index (χ3n) is 3.86. The monoisotopic (exact) mass is 354 g/mol. The van der Waals surface area contributed by atoms with Gasteiger partial charge in [0.1, 0.15) is 5.65 Å². The molecule has 3 heterocycles. The van der Waals surface area contributed by atoms with Crippen molar-refractivity contribution in [2.24, 2.45) is 0 Å². The molecule has 0 radical (unpaired) electrons. The lowest BCUT2D eigenvalue weighted by molar-refractivity contribution is 0.102. The standard InChI is InChI=1S/C17H14N4O5/c22-15(9-6-11-14(18-8-9)20-17(24)21-16(11)23)19-10-2-3-12-13(7-10)26-5-1-4-25-12/h2-3,6-8H,1,4-5H2,(H,19,22)(H2,18,20,21,23,24). The Labute approximate surface area is 146 Å². The van der Waals surface area contributed by atoms with Gasteiger partial charge in [0, 0.05) is 24.4 Å². The van der Waals surface area contributed by atoms with Crippen LogP contribution in [0.5, 0.6) is 11.5 Å². The minimum absolute atomic E-state index is 0.117. The van der Waals surface area contributed by atoms with E-state index < -0.39 is 17.2 Å². The van der Waals surface area contributed by atoms with E-state index in [1.54, 1.807) is 18.2 Å². The van der Waals surface area contributed by atoms with Crippen LogP contribution < -0.4 is 26.0 Å². The van der Waals surface area contributed by atoms with Crippen LogP contribution in [0.25, 0.3) is 11.0 Å². The van der Waals surface area contributed by atoms with Crippen LogP contribution in [0.15, 0.2) is 40.1 Å². The topological polar surface area (TPSA) is 126 Å². The summed E-state index contributed by atoms with van der Waals surface area (Å²) in [6.07, 6.45) is 2.08. The van der Waals surface area contributed by atoms with Crippen molar-refractivity contribution in [3.05, 3.63) is 56.9 Å². The molecule has 0 spiro atoms. The van der Waals surface area contributed by atoms with Crippen molar-refractivity contribution in [1.82, 2.24) is 15.0 Å². The first-order valence-corrected chi connectivity index (χ1v) is 7.93. The molecular weight excluding hydrogens is 340 g/mol. The summed E-state index contributed by atoms with van der Waals surface area (Å²) in [5.74, 6) is 0.744. The maximum atomic E-state index is 12.5. The molecule has 0 fully saturated rings. The first-order valence-electron chi connectivity index (χ1n) is 7.93. The number of rotatable bonds is 2. The fourth-order valence-corrected chi connectivity index (χ4v) is 2.62. The number of aromatic amines is 2. The molecule has 4 rings (SSSR count). The predicted octanol–water partition coefficient (Wildman–Crippen LogP) is 1.02. The van der Waals surface area contributed by atoms with Crippen molar-refractivity contribution in [2.45, 2.75) is 6.42 Å². The minimum Gasteiger partial charge on any atom is -0.490 e. The second-order valence-corrected chi connectivity index (χ2v) is 5.69. The number of carbonyl (C=O) groups excluding carboxylic acids is 1. The Bertz CT molecular complexity index is 1120. The zero-order valence-electron chi connectivity index (χ0n) is 13.5. The van der Waals surface area contributed by atoms with Gasteiger partial charge in [-0.2, -0.15) is 0 Å². The van der Waals surface area contributed by atoms with E-state index in [0.717, 1.165) is 6.42 Å². The molecule has 0 unspecified atom stereocenters. The van der Waals surface area contributed by atoms with Crippen LogP contribution in [0.2, 0.25) is 0 Å². The number of carbonyl (C=O) groups is 1. The number of amides is 1. The maximum absolute atomic E-state index is 12.5. The first-order chi connectivity index (χ1) is 12.6. The molecule has 0 saturated carbocycles. The summed E-state index contributed by atoms with van der Waals surface area (Å²) in [7, 11) is 0. The highest BCUT2D eigenvalue weighted by atomic mass is 16.5. The van der Waals surface area contributed by atoms with E-state index in [4.69, 9.17) is 9.47 Å². The molecule has 0 saturated heterocycles. The Morgan fingerprint density at radius 2 is 1.88 bits per heavy atom. The minimum atomic E-state index is -0.653. The summed E-state index contributed by atoms with van der Waals surface area (Å²) in [5, 5.41) is 2.85. The molecule has 26 heavy (non-hydrogen) atoms. The number of ether oxygens (including phenoxy) is 2. The Morgan fingerprint density at radius 3 is 2.73 bits per heavy atom. The van der Waals surface area contributed by atoms with Crippen molar-refractivity contribution in [3.8, 4) is 11.5 Å². The molecular formula is C17H14N4O5. The normalized spacial score (nSPS) is 13.2. The van der Waals surface area contributed by atoms with Gasteiger partial charge in [0.2, 0.25) is 0 Å². The number of pyridine rings is 1. The number of anilines is 1. The van der Waals surface area contributed by atoms with Crippen molar-refractivity contribution in [1.29, 1.82) is 0 Å². The second-order valence-electron chi connectivity index (χ2n) is 5.69. The highest BCUT2D eigenvalue weighted by Gasteiger charge is 2.14. The molecule has 9 heteroatoms. The summed E-state index contributed by atoms with van der Waals surface area (Å²) >= 11 is 0. The van der Waals surface area contributed by atoms with E-state index in [-0.39, 0.29) is 16.6 Å². The van der Waals surface area contributed by atoms with Gasteiger partial charge in [-0.05, 0) is 18.2 Å². The lowest BCUT2D eigenvalue weighted by Crippen LogP contribution is -2.23. The van der Waals surface area contributed by atoms with Crippen molar-refractivity contribution in [3.63, 3.8) is 0 Å². The van der Waals surface area contributed by atoms with E-state index in [1.165, 1.54) is 12.3 Å². The average molecular weight is 354 g/mol. The van der Waals surface area contributed by atoms with Gasteiger partial charge in [-0.1, -0.05) is 0 Å². The molecule has 1 aliphatic rings. The lowest BCUT2D eigenvalue weighted by atomic mass is 10.2. The predicted molar refractivity (Wildman–Crippen MR) is 93.0 cm³/mol. The van der Waals surface area contributed by atoms with Gasteiger partial charge in [-0.3, -0.25) is 19.6 Å². The number of aromatic nitrogens is 3. The third-order valence-corrected chi connectivity index (χ3v) is 3.86. The van der Waals surface area contributed by atoms with Crippen LogP contribution in [0.1, 0.15) is 16.8 Å². The SMILES string of the molecule is O=C(Nc1ccc2c(c1)OCCCO2)c1cnc2[nH]c(=O)[nH]c(=O)c2c1. The van der Waals surface area contributed by atoms with Crippen molar-refractivity contribution >= 4 is 22.6 Å². The molecule has 1 aliphatic heterocycles. The van der Waals surface area contributed by atoms with Crippen LogP contribution in [-0.4, -0.2) is 34.1 Å². The molecule has 0 aliphatic carbocycles. The number of H-pyrrole nitrogens is 2. The smallest absolute Gasteiger partial charge is 0.327 e.